The number of benzene rings is 1. The number of hydrogen-bond acceptors (Lipinski definition) is 2. The third-order valence-electron chi connectivity index (χ3n) is 4.93. The molecule has 116 valence electrons. The highest BCUT2D eigenvalue weighted by atomic mass is 16.2. The Bertz CT molecular complexity index is 478. The predicted molar refractivity (Wildman–Crippen MR) is 87.2 cm³/mol. The maximum absolute atomic E-state index is 12.7. The van der Waals surface area contributed by atoms with Gasteiger partial charge in [0.15, 0.2) is 0 Å². The van der Waals surface area contributed by atoms with Gasteiger partial charge in [0, 0.05) is 6.04 Å². The predicted octanol–water partition coefficient (Wildman–Crippen LogP) is 2.77. The Morgan fingerprint density at radius 1 is 1.29 bits per heavy atom. The van der Waals surface area contributed by atoms with Gasteiger partial charge in [-0.05, 0) is 56.7 Å². The van der Waals surface area contributed by atoms with E-state index in [-0.39, 0.29) is 11.9 Å². The molecule has 3 nitrogen and oxygen atoms in total. The lowest BCUT2D eigenvalue weighted by atomic mass is 9.82. The molecule has 2 unspecified atom stereocenters. The van der Waals surface area contributed by atoms with Gasteiger partial charge in [0.1, 0.15) is 0 Å². The maximum Gasteiger partial charge on any atom is 0.230 e. The summed E-state index contributed by atoms with van der Waals surface area (Å²) < 4.78 is 0. The lowest BCUT2D eigenvalue weighted by Crippen LogP contribution is -2.47. The van der Waals surface area contributed by atoms with Crippen LogP contribution in [0.5, 0.6) is 0 Å². The fraction of sp³-hybridized carbons (Fsp3) is 0.611. The lowest BCUT2D eigenvalue weighted by molar-refractivity contribution is -0.126. The van der Waals surface area contributed by atoms with E-state index in [9.17, 15) is 4.79 Å². The van der Waals surface area contributed by atoms with E-state index in [1.165, 1.54) is 12.0 Å². The molecule has 2 atom stereocenters. The SMILES string of the molecule is CCc1ccc(C(C)(C)C(=O)NC2CCCC2CN)cc1. The molecule has 1 amide bonds. The second kappa shape index (κ2) is 6.61. The first-order valence-corrected chi connectivity index (χ1v) is 8.09. The summed E-state index contributed by atoms with van der Waals surface area (Å²) in [4.78, 5) is 12.7. The van der Waals surface area contributed by atoms with Crippen LogP contribution in [0.2, 0.25) is 0 Å². The minimum Gasteiger partial charge on any atom is -0.352 e. The molecule has 1 aromatic rings. The van der Waals surface area contributed by atoms with E-state index >= 15 is 0 Å². The van der Waals surface area contributed by atoms with Crippen LogP contribution in [0.15, 0.2) is 24.3 Å². The Morgan fingerprint density at radius 2 is 1.95 bits per heavy atom. The first kappa shape index (κ1) is 16.0. The number of nitrogens with one attached hydrogen (secondary N) is 1. The third-order valence-corrected chi connectivity index (χ3v) is 4.93. The van der Waals surface area contributed by atoms with Crippen LogP contribution in [-0.4, -0.2) is 18.5 Å². The van der Waals surface area contributed by atoms with Gasteiger partial charge in [-0.15, -0.1) is 0 Å². The maximum atomic E-state index is 12.7. The van der Waals surface area contributed by atoms with Crippen molar-refractivity contribution in [3.8, 4) is 0 Å². The molecule has 3 heteroatoms. The van der Waals surface area contributed by atoms with Crippen LogP contribution in [0, 0.1) is 5.92 Å². The molecule has 3 N–H and O–H groups in total. The molecule has 0 radical (unpaired) electrons. The zero-order valence-corrected chi connectivity index (χ0v) is 13.5. The van der Waals surface area contributed by atoms with Crippen LogP contribution < -0.4 is 11.1 Å². The van der Waals surface area contributed by atoms with Gasteiger partial charge in [-0.3, -0.25) is 4.79 Å². The molecule has 0 saturated heterocycles. The van der Waals surface area contributed by atoms with Crippen molar-refractivity contribution in [1.29, 1.82) is 0 Å². The van der Waals surface area contributed by atoms with Crippen LogP contribution in [0.3, 0.4) is 0 Å². The molecular formula is C18H28N2O. The summed E-state index contributed by atoms with van der Waals surface area (Å²) in [5.41, 5.74) is 7.66. The van der Waals surface area contributed by atoms with Crippen molar-refractivity contribution in [3.05, 3.63) is 35.4 Å². The molecule has 2 rings (SSSR count). The van der Waals surface area contributed by atoms with Gasteiger partial charge in [0.2, 0.25) is 5.91 Å². The van der Waals surface area contributed by atoms with Crippen LogP contribution >= 0.6 is 0 Å². The summed E-state index contributed by atoms with van der Waals surface area (Å²) >= 11 is 0. The largest absolute Gasteiger partial charge is 0.352 e. The summed E-state index contributed by atoms with van der Waals surface area (Å²) in [6.45, 7) is 6.79. The van der Waals surface area contributed by atoms with Gasteiger partial charge in [-0.25, -0.2) is 0 Å². The molecule has 0 aromatic heterocycles. The van der Waals surface area contributed by atoms with Crippen LogP contribution in [0.1, 0.15) is 51.2 Å². The second-order valence-corrected chi connectivity index (χ2v) is 6.68. The Balaban J connectivity index is 2.08. The number of aryl methyl sites for hydroxylation is 1. The van der Waals surface area contributed by atoms with Crippen molar-refractivity contribution < 1.29 is 4.79 Å². The summed E-state index contributed by atoms with van der Waals surface area (Å²) in [5, 5.41) is 3.23. The summed E-state index contributed by atoms with van der Waals surface area (Å²) in [7, 11) is 0. The molecule has 0 heterocycles. The minimum absolute atomic E-state index is 0.108. The smallest absolute Gasteiger partial charge is 0.230 e. The first-order chi connectivity index (χ1) is 9.98. The molecule has 0 aliphatic heterocycles. The van der Waals surface area contributed by atoms with E-state index in [2.05, 4.69) is 36.5 Å². The zero-order valence-electron chi connectivity index (χ0n) is 13.5. The highest BCUT2D eigenvalue weighted by molar-refractivity contribution is 5.87. The Kier molecular flexibility index (Phi) is 5.04. The molecular weight excluding hydrogens is 260 g/mol. The molecule has 1 saturated carbocycles. The highest BCUT2D eigenvalue weighted by Crippen LogP contribution is 2.28. The molecule has 1 aliphatic rings. The number of carbonyl (C=O) groups is 1. The number of rotatable bonds is 5. The summed E-state index contributed by atoms with van der Waals surface area (Å²) in [6, 6.07) is 8.63. The summed E-state index contributed by atoms with van der Waals surface area (Å²) in [6.07, 6.45) is 4.37. The third kappa shape index (κ3) is 3.46. The summed E-state index contributed by atoms with van der Waals surface area (Å²) in [5.74, 6) is 0.546. The van der Waals surface area contributed by atoms with Crippen molar-refractivity contribution in [1.82, 2.24) is 5.32 Å². The standard InChI is InChI=1S/C18H28N2O/c1-4-13-8-10-15(11-9-13)18(2,3)17(21)20-16-7-5-6-14(16)12-19/h8-11,14,16H,4-7,12,19H2,1-3H3,(H,20,21). The van der Waals surface area contributed by atoms with Crippen molar-refractivity contribution in [2.45, 2.75) is 57.9 Å². The molecule has 0 bridgehead atoms. The fourth-order valence-corrected chi connectivity index (χ4v) is 3.15. The fourth-order valence-electron chi connectivity index (χ4n) is 3.15. The van der Waals surface area contributed by atoms with E-state index in [1.54, 1.807) is 0 Å². The van der Waals surface area contributed by atoms with Gasteiger partial charge < -0.3 is 11.1 Å². The van der Waals surface area contributed by atoms with Crippen molar-refractivity contribution in [2.75, 3.05) is 6.54 Å². The van der Waals surface area contributed by atoms with Crippen LogP contribution in [-0.2, 0) is 16.6 Å². The minimum atomic E-state index is -0.506. The lowest BCUT2D eigenvalue weighted by Gasteiger charge is -2.28. The number of carbonyl (C=O) groups excluding carboxylic acids is 1. The van der Waals surface area contributed by atoms with Crippen LogP contribution in [0.25, 0.3) is 0 Å². The zero-order chi connectivity index (χ0) is 15.5. The number of nitrogens with two attached hydrogens (primary N) is 1. The molecule has 21 heavy (non-hydrogen) atoms. The average Bonchev–Trinajstić information content (AvgIpc) is 2.94. The van der Waals surface area contributed by atoms with Crippen molar-refractivity contribution >= 4 is 5.91 Å². The van der Waals surface area contributed by atoms with Gasteiger partial charge in [-0.2, -0.15) is 0 Å². The van der Waals surface area contributed by atoms with E-state index in [0.29, 0.717) is 12.5 Å². The van der Waals surface area contributed by atoms with Gasteiger partial charge in [0.25, 0.3) is 0 Å². The monoisotopic (exact) mass is 288 g/mol. The van der Waals surface area contributed by atoms with Crippen LogP contribution in [0.4, 0.5) is 0 Å². The van der Waals surface area contributed by atoms with Crippen molar-refractivity contribution in [2.24, 2.45) is 11.7 Å². The van der Waals surface area contributed by atoms with E-state index in [1.807, 2.05) is 13.8 Å². The normalized spacial score (nSPS) is 22.3. The Morgan fingerprint density at radius 3 is 2.52 bits per heavy atom. The Labute approximate surface area is 128 Å². The molecule has 0 spiro atoms. The second-order valence-electron chi connectivity index (χ2n) is 6.68. The average molecular weight is 288 g/mol. The number of amides is 1. The van der Waals surface area contributed by atoms with Gasteiger partial charge >= 0.3 is 0 Å². The highest BCUT2D eigenvalue weighted by Gasteiger charge is 2.34. The number of hydrogen-bond donors (Lipinski definition) is 2. The van der Waals surface area contributed by atoms with E-state index < -0.39 is 5.41 Å². The van der Waals surface area contributed by atoms with Gasteiger partial charge in [0.05, 0.1) is 5.41 Å². The molecule has 1 aliphatic carbocycles. The molecule has 1 aromatic carbocycles. The first-order valence-electron chi connectivity index (χ1n) is 8.09. The van der Waals surface area contributed by atoms with E-state index in [0.717, 1.165) is 24.8 Å². The quantitative estimate of drug-likeness (QED) is 0.875. The Hall–Kier alpha value is -1.35. The van der Waals surface area contributed by atoms with Gasteiger partial charge in [-0.1, -0.05) is 37.6 Å². The molecule has 1 fully saturated rings. The van der Waals surface area contributed by atoms with Crippen molar-refractivity contribution in [3.63, 3.8) is 0 Å². The van der Waals surface area contributed by atoms with E-state index in [4.69, 9.17) is 5.73 Å². The topological polar surface area (TPSA) is 55.1 Å².